The lowest BCUT2D eigenvalue weighted by atomic mass is 10.1. The first-order valence-electron chi connectivity index (χ1n) is 7.88. The molecule has 1 aliphatic heterocycles. The zero-order valence-electron chi connectivity index (χ0n) is 14.1. The molecule has 1 atom stereocenters. The van der Waals surface area contributed by atoms with Crippen LogP contribution in [0.2, 0.25) is 0 Å². The number of benzene rings is 2. The Labute approximate surface area is 151 Å². The number of primary sulfonamides is 1. The molecule has 2 aromatic rings. The molecule has 0 aromatic heterocycles. The largest absolute Gasteiger partial charge is 0.454 e. The van der Waals surface area contributed by atoms with Crippen LogP contribution in [0.4, 0.5) is 5.69 Å². The van der Waals surface area contributed by atoms with Gasteiger partial charge in [0, 0.05) is 17.8 Å². The molecule has 0 saturated heterocycles. The smallest absolute Gasteiger partial charge is 0.238 e. The van der Waals surface area contributed by atoms with Crippen molar-refractivity contribution in [1.82, 2.24) is 5.32 Å². The van der Waals surface area contributed by atoms with Gasteiger partial charge < -0.3 is 20.1 Å². The lowest BCUT2D eigenvalue weighted by Gasteiger charge is -2.14. The summed E-state index contributed by atoms with van der Waals surface area (Å²) in [6, 6.07) is 11.2. The molecule has 9 heteroatoms. The maximum atomic E-state index is 12.1. The van der Waals surface area contributed by atoms with Crippen molar-refractivity contribution in [2.24, 2.45) is 5.14 Å². The number of nitrogens with two attached hydrogens (primary N) is 1. The maximum Gasteiger partial charge on any atom is 0.238 e. The molecule has 8 nitrogen and oxygen atoms in total. The van der Waals surface area contributed by atoms with Crippen molar-refractivity contribution < 1.29 is 22.7 Å². The SMILES string of the molecule is C[C@H](NCC(=O)Nc1ccc2c(c1)OCO2)c1ccc(S(N)(=O)=O)cc1. The van der Waals surface area contributed by atoms with Gasteiger partial charge in [-0.25, -0.2) is 13.6 Å². The number of anilines is 1. The van der Waals surface area contributed by atoms with Gasteiger partial charge in [0.1, 0.15) is 0 Å². The van der Waals surface area contributed by atoms with Gasteiger partial charge in [-0.1, -0.05) is 12.1 Å². The molecule has 2 aromatic carbocycles. The number of nitrogens with one attached hydrogen (secondary N) is 2. The van der Waals surface area contributed by atoms with E-state index < -0.39 is 10.0 Å². The molecule has 0 spiro atoms. The number of hydrogen-bond acceptors (Lipinski definition) is 6. The van der Waals surface area contributed by atoms with Gasteiger partial charge in [-0.15, -0.1) is 0 Å². The highest BCUT2D eigenvalue weighted by Crippen LogP contribution is 2.34. The second-order valence-electron chi connectivity index (χ2n) is 5.83. The normalized spacial score (nSPS) is 14.1. The molecule has 0 aliphatic carbocycles. The van der Waals surface area contributed by atoms with Crippen molar-refractivity contribution in [2.75, 3.05) is 18.7 Å². The van der Waals surface area contributed by atoms with Crippen LogP contribution >= 0.6 is 0 Å². The van der Waals surface area contributed by atoms with Crippen molar-refractivity contribution in [2.45, 2.75) is 17.9 Å². The summed E-state index contributed by atoms with van der Waals surface area (Å²) in [6.45, 7) is 2.14. The van der Waals surface area contributed by atoms with E-state index in [0.717, 1.165) is 5.56 Å². The van der Waals surface area contributed by atoms with Crippen LogP contribution in [0.1, 0.15) is 18.5 Å². The molecule has 4 N–H and O–H groups in total. The highest BCUT2D eigenvalue weighted by atomic mass is 32.2. The molecule has 0 radical (unpaired) electrons. The Hall–Kier alpha value is -2.62. The highest BCUT2D eigenvalue weighted by molar-refractivity contribution is 7.89. The lowest BCUT2D eigenvalue weighted by molar-refractivity contribution is -0.115. The molecular formula is C17H19N3O5S. The summed E-state index contributed by atoms with van der Waals surface area (Å²) in [5.41, 5.74) is 1.46. The maximum absolute atomic E-state index is 12.1. The van der Waals surface area contributed by atoms with Crippen molar-refractivity contribution in [3.05, 3.63) is 48.0 Å². The number of hydrogen-bond donors (Lipinski definition) is 3. The average molecular weight is 377 g/mol. The molecule has 26 heavy (non-hydrogen) atoms. The van der Waals surface area contributed by atoms with Crippen molar-refractivity contribution in [3.63, 3.8) is 0 Å². The van der Waals surface area contributed by atoms with E-state index in [1.807, 2.05) is 6.92 Å². The molecule has 1 heterocycles. The first-order chi connectivity index (χ1) is 12.3. The van der Waals surface area contributed by atoms with Gasteiger partial charge in [0.05, 0.1) is 11.4 Å². The first kappa shape index (κ1) is 18.2. The number of sulfonamides is 1. The first-order valence-corrected chi connectivity index (χ1v) is 9.43. The van der Waals surface area contributed by atoms with Gasteiger partial charge in [-0.05, 0) is 36.8 Å². The predicted octanol–water partition coefficient (Wildman–Crippen LogP) is 1.35. The van der Waals surface area contributed by atoms with E-state index in [9.17, 15) is 13.2 Å². The molecule has 0 bridgehead atoms. The summed E-state index contributed by atoms with van der Waals surface area (Å²) in [5.74, 6) is 1.04. The van der Waals surface area contributed by atoms with Crippen LogP contribution in [0.25, 0.3) is 0 Å². The zero-order valence-corrected chi connectivity index (χ0v) is 14.9. The van der Waals surface area contributed by atoms with Crippen LogP contribution in [0.3, 0.4) is 0 Å². The second-order valence-corrected chi connectivity index (χ2v) is 7.39. The monoisotopic (exact) mass is 377 g/mol. The fraction of sp³-hybridized carbons (Fsp3) is 0.235. The van der Waals surface area contributed by atoms with Crippen LogP contribution < -0.4 is 25.2 Å². The fourth-order valence-corrected chi connectivity index (χ4v) is 3.00. The Morgan fingerprint density at radius 1 is 1.15 bits per heavy atom. The van der Waals surface area contributed by atoms with Crippen LogP contribution in [0, 0.1) is 0 Å². The van der Waals surface area contributed by atoms with Crippen molar-refractivity contribution in [1.29, 1.82) is 0 Å². The minimum Gasteiger partial charge on any atom is -0.454 e. The zero-order chi connectivity index (χ0) is 18.7. The molecule has 0 saturated carbocycles. The number of ether oxygens (including phenoxy) is 2. The van der Waals surface area contributed by atoms with E-state index in [4.69, 9.17) is 14.6 Å². The molecule has 0 unspecified atom stereocenters. The number of fused-ring (bicyclic) bond motifs is 1. The number of carbonyl (C=O) groups excluding carboxylic acids is 1. The quantitative estimate of drug-likeness (QED) is 0.699. The summed E-state index contributed by atoms with van der Waals surface area (Å²) < 4.78 is 33.0. The minimum absolute atomic E-state index is 0.0500. The fourth-order valence-electron chi connectivity index (χ4n) is 2.49. The second kappa shape index (κ2) is 7.32. The summed E-state index contributed by atoms with van der Waals surface area (Å²) in [5, 5.41) is 10.9. The third-order valence-corrected chi connectivity index (χ3v) is 4.86. The van der Waals surface area contributed by atoms with E-state index in [1.165, 1.54) is 12.1 Å². The Morgan fingerprint density at radius 3 is 2.54 bits per heavy atom. The van der Waals surface area contributed by atoms with Gasteiger partial charge in [0.25, 0.3) is 0 Å². The van der Waals surface area contributed by atoms with E-state index in [-0.39, 0.29) is 30.2 Å². The van der Waals surface area contributed by atoms with E-state index in [0.29, 0.717) is 17.2 Å². The molecule has 1 amide bonds. The average Bonchev–Trinajstić information content (AvgIpc) is 3.07. The molecule has 138 valence electrons. The number of rotatable bonds is 6. The Balaban J connectivity index is 1.54. The van der Waals surface area contributed by atoms with E-state index in [1.54, 1.807) is 30.3 Å². The predicted molar refractivity (Wildman–Crippen MR) is 95.4 cm³/mol. The van der Waals surface area contributed by atoms with Gasteiger partial charge in [0.2, 0.25) is 22.7 Å². The summed E-state index contributed by atoms with van der Waals surface area (Å²) in [4.78, 5) is 12.1. The van der Waals surface area contributed by atoms with Gasteiger partial charge in [-0.2, -0.15) is 0 Å². The van der Waals surface area contributed by atoms with E-state index in [2.05, 4.69) is 10.6 Å². The summed E-state index contributed by atoms with van der Waals surface area (Å²) in [6.07, 6.45) is 0. The Kier molecular flexibility index (Phi) is 5.12. The van der Waals surface area contributed by atoms with Crippen molar-refractivity contribution >= 4 is 21.6 Å². The number of amides is 1. The van der Waals surface area contributed by atoms with Gasteiger partial charge in [-0.3, -0.25) is 4.79 Å². The Bertz CT molecular complexity index is 912. The number of carbonyl (C=O) groups is 1. The van der Waals surface area contributed by atoms with Crippen molar-refractivity contribution in [3.8, 4) is 11.5 Å². The highest BCUT2D eigenvalue weighted by Gasteiger charge is 2.15. The standard InChI is InChI=1S/C17H19N3O5S/c1-11(12-2-5-14(6-3-12)26(18,22)23)19-9-17(21)20-13-4-7-15-16(8-13)25-10-24-15/h2-8,11,19H,9-10H2,1H3,(H,20,21)(H2,18,22,23)/t11-/m0/s1. The third-order valence-electron chi connectivity index (χ3n) is 3.93. The third kappa shape index (κ3) is 4.31. The molecule has 1 aliphatic rings. The van der Waals surface area contributed by atoms with Crippen LogP contribution in [0.15, 0.2) is 47.4 Å². The van der Waals surface area contributed by atoms with E-state index >= 15 is 0 Å². The summed E-state index contributed by atoms with van der Waals surface area (Å²) in [7, 11) is -3.71. The summed E-state index contributed by atoms with van der Waals surface area (Å²) >= 11 is 0. The molecule has 0 fully saturated rings. The minimum atomic E-state index is -3.71. The lowest BCUT2D eigenvalue weighted by Crippen LogP contribution is -2.30. The van der Waals surface area contributed by atoms with Crippen LogP contribution in [-0.2, 0) is 14.8 Å². The Morgan fingerprint density at radius 2 is 1.85 bits per heavy atom. The van der Waals surface area contributed by atoms with Crippen LogP contribution in [0.5, 0.6) is 11.5 Å². The molecular weight excluding hydrogens is 358 g/mol. The van der Waals surface area contributed by atoms with Gasteiger partial charge in [0.15, 0.2) is 11.5 Å². The van der Waals surface area contributed by atoms with Crippen LogP contribution in [-0.4, -0.2) is 27.7 Å². The van der Waals surface area contributed by atoms with Gasteiger partial charge >= 0.3 is 0 Å². The molecule has 3 rings (SSSR count). The topological polar surface area (TPSA) is 120 Å².